The summed E-state index contributed by atoms with van der Waals surface area (Å²) < 4.78 is 1.24. The summed E-state index contributed by atoms with van der Waals surface area (Å²) in [6.07, 6.45) is 1.85. The zero-order valence-corrected chi connectivity index (χ0v) is 7.69. The van der Waals surface area contributed by atoms with Crippen molar-refractivity contribution in [3.8, 4) is 0 Å². The van der Waals surface area contributed by atoms with Crippen LogP contribution < -0.4 is 0 Å². The van der Waals surface area contributed by atoms with Gasteiger partial charge in [0, 0.05) is 5.56 Å². The van der Waals surface area contributed by atoms with Gasteiger partial charge in [0.2, 0.25) is 0 Å². The molecule has 0 bridgehead atoms. The van der Waals surface area contributed by atoms with Crippen LogP contribution in [0.4, 0.5) is 0 Å². The van der Waals surface area contributed by atoms with E-state index in [1.165, 1.54) is 4.70 Å². The highest BCUT2D eigenvalue weighted by Gasteiger charge is 2.01. The normalized spacial score (nSPS) is 10.4. The molecule has 2 heteroatoms. The molecule has 0 aliphatic heterocycles. The second kappa shape index (κ2) is 2.72. The van der Waals surface area contributed by atoms with Crippen LogP contribution in [0.2, 0.25) is 0 Å². The molecule has 0 aliphatic rings. The number of aromatic nitrogens is 1. The molecule has 1 heterocycles. The van der Waals surface area contributed by atoms with E-state index in [-0.39, 0.29) is 0 Å². The molecule has 0 spiro atoms. The van der Waals surface area contributed by atoms with Crippen molar-refractivity contribution < 1.29 is 0 Å². The number of aryl methyl sites for hydroxylation is 1. The van der Waals surface area contributed by atoms with Crippen molar-refractivity contribution in [3.05, 3.63) is 35.3 Å². The van der Waals surface area contributed by atoms with Crippen LogP contribution in [0.1, 0.15) is 10.6 Å². The van der Waals surface area contributed by atoms with Gasteiger partial charge in [-0.25, -0.2) is 4.98 Å². The number of thiazole rings is 1. The SMILES string of the molecule is C=Cc1cccc2sc(C)nc12. The number of hydrogen-bond donors (Lipinski definition) is 0. The number of nitrogens with zero attached hydrogens (tertiary/aromatic N) is 1. The summed E-state index contributed by atoms with van der Waals surface area (Å²) in [6.45, 7) is 5.78. The lowest BCUT2D eigenvalue weighted by atomic mass is 10.2. The van der Waals surface area contributed by atoms with Crippen molar-refractivity contribution in [1.29, 1.82) is 0 Å². The zero-order chi connectivity index (χ0) is 8.55. The molecule has 0 atom stereocenters. The van der Waals surface area contributed by atoms with Gasteiger partial charge in [0.15, 0.2) is 0 Å². The van der Waals surface area contributed by atoms with Crippen LogP contribution in [0.25, 0.3) is 16.3 Å². The van der Waals surface area contributed by atoms with Crippen molar-refractivity contribution in [3.63, 3.8) is 0 Å². The summed E-state index contributed by atoms with van der Waals surface area (Å²) in [5, 5.41) is 1.11. The van der Waals surface area contributed by atoms with Gasteiger partial charge in [-0.15, -0.1) is 11.3 Å². The van der Waals surface area contributed by atoms with E-state index in [2.05, 4.69) is 17.6 Å². The standard InChI is InChI=1S/C10H9NS/c1-3-8-5-4-6-9-10(8)11-7(2)12-9/h3-6H,1H2,2H3. The monoisotopic (exact) mass is 175 g/mol. The van der Waals surface area contributed by atoms with E-state index < -0.39 is 0 Å². The smallest absolute Gasteiger partial charge is 0.0908 e. The number of rotatable bonds is 1. The van der Waals surface area contributed by atoms with Crippen LogP contribution in [-0.2, 0) is 0 Å². The fourth-order valence-corrected chi connectivity index (χ4v) is 2.11. The lowest BCUT2D eigenvalue weighted by Crippen LogP contribution is -1.74. The molecule has 12 heavy (non-hydrogen) atoms. The Morgan fingerprint density at radius 2 is 2.33 bits per heavy atom. The molecule has 1 aromatic heterocycles. The summed E-state index contributed by atoms with van der Waals surface area (Å²) >= 11 is 1.72. The maximum atomic E-state index is 4.43. The summed E-state index contributed by atoms with van der Waals surface area (Å²) in [6, 6.07) is 6.17. The van der Waals surface area contributed by atoms with Gasteiger partial charge in [0.25, 0.3) is 0 Å². The summed E-state index contributed by atoms with van der Waals surface area (Å²) in [4.78, 5) is 4.43. The number of benzene rings is 1. The first-order chi connectivity index (χ1) is 5.81. The molecule has 0 aliphatic carbocycles. The van der Waals surface area contributed by atoms with Crippen molar-refractivity contribution in [1.82, 2.24) is 4.98 Å². The van der Waals surface area contributed by atoms with E-state index >= 15 is 0 Å². The molecule has 60 valence electrons. The molecule has 0 saturated heterocycles. The highest BCUT2D eigenvalue weighted by Crippen LogP contribution is 2.24. The number of hydrogen-bond acceptors (Lipinski definition) is 2. The molecule has 1 aromatic carbocycles. The minimum Gasteiger partial charge on any atom is -0.241 e. The molecule has 0 saturated carbocycles. The largest absolute Gasteiger partial charge is 0.241 e. The molecule has 2 rings (SSSR count). The average molecular weight is 175 g/mol. The molecular weight excluding hydrogens is 166 g/mol. The van der Waals surface area contributed by atoms with Gasteiger partial charge >= 0.3 is 0 Å². The van der Waals surface area contributed by atoms with E-state index in [4.69, 9.17) is 0 Å². The fourth-order valence-electron chi connectivity index (χ4n) is 1.25. The van der Waals surface area contributed by atoms with Crippen LogP contribution in [0.3, 0.4) is 0 Å². The van der Waals surface area contributed by atoms with Gasteiger partial charge in [0.05, 0.1) is 15.2 Å². The first-order valence-electron chi connectivity index (χ1n) is 3.80. The Morgan fingerprint density at radius 3 is 3.08 bits per heavy atom. The molecule has 0 amide bonds. The third-order valence-electron chi connectivity index (χ3n) is 1.78. The van der Waals surface area contributed by atoms with Gasteiger partial charge in [-0.1, -0.05) is 24.8 Å². The summed E-state index contributed by atoms with van der Waals surface area (Å²) in [5.74, 6) is 0. The summed E-state index contributed by atoms with van der Waals surface area (Å²) in [7, 11) is 0. The topological polar surface area (TPSA) is 12.9 Å². The lowest BCUT2D eigenvalue weighted by Gasteiger charge is -1.91. The maximum Gasteiger partial charge on any atom is 0.0908 e. The van der Waals surface area contributed by atoms with E-state index in [0.29, 0.717) is 0 Å². The van der Waals surface area contributed by atoms with Crippen LogP contribution in [0.15, 0.2) is 24.8 Å². The zero-order valence-electron chi connectivity index (χ0n) is 6.87. The molecule has 0 radical (unpaired) electrons. The van der Waals surface area contributed by atoms with Crippen molar-refractivity contribution in [2.24, 2.45) is 0 Å². The Balaban J connectivity index is 2.86. The predicted octanol–water partition coefficient (Wildman–Crippen LogP) is 3.25. The van der Waals surface area contributed by atoms with E-state index in [1.54, 1.807) is 11.3 Å². The number of fused-ring (bicyclic) bond motifs is 1. The molecule has 0 fully saturated rings. The molecule has 0 N–H and O–H groups in total. The van der Waals surface area contributed by atoms with E-state index in [9.17, 15) is 0 Å². The first-order valence-corrected chi connectivity index (χ1v) is 4.61. The first kappa shape index (κ1) is 7.50. The van der Waals surface area contributed by atoms with Crippen LogP contribution in [0, 0.1) is 6.92 Å². The van der Waals surface area contributed by atoms with E-state index in [0.717, 1.165) is 16.1 Å². The third kappa shape index (κ3) is 1.04. The van der Waals surface area contributed by atoms with Gasteiger partial charge < -0.3 is 0 Å². The van der Waals surface area contributed by atoms with Crippen molar-refractivity contribution in [2.45, 2.75) is 6.92 Å². The quantitative estimate of drug-likeness (QED) is 0.648. The van der Waals surface area contributed by atoms with Gasteiger partial charge in [-0.3, -0.25) is 0 Å². The average Bonchev–Trinajstić information content (AvgIpc) is 2.44. The Morgan fingerprint density at radius 1 is 1.50 bits per heavy atom. The lowest BCUT2D eigenvalue weighted by molar-refractivity contribution is 1.34. The Labute approximate surface area is 75.4 Å². The van der Waals surface area contributed by atoms with Crippen LogP contribution in [-0.4, -0.2) is 4.98 Å². The minimum atomic E-state index is 1.08. The van der Waals surface area contributed by atoms with Gasteiger partial charge in [-0.2, -0.15) is 0 Å². The second-order valence-electron chi connectivity index (χ2n) is 2.63. The third-order valence-corrected chi connectivity index (χ3v) is 2.71. The number of para-hydroxylation sites is 1. The molecule has 0 unspecified atom stereocenters. The highest BCUT2D eigenvalue weighted by molar-refractivity contribution is 7.18. The molecule has 1 nitrogen and oxygen atoms in total. The van der Waals surface area contributed by atoms with Crippen molar-refractivity contribution >= 4 is 27.6 Å². The summed E-state index contributed by atoms with van der Waals surface area (Å²) in [5.41, 5.74) is 2.20. The minimum absolute atomic E-state index is 1.08. The Kier molecular flexibility index (Phi) is 1.70. The van der Waals surface area contributed by atoms with Gasteiger partial charge in [-0.05, 0) is 13.0 Å². The predicted molar refractivity (Wildman–Crippen MR) is 54.4 cm³/mol. The van der Waals surface area contributed by atoms with Gasteiger partial charge in [0.1, 0.15) is 0 Å². The fraction of sp³-hybridized carbons (Fsp3) is 0.100. The molecule has 2 aromatic rings. The Hall–Kier alpha value is -1.15. The molecular formula is C10H9NS. The maximum absolute atomic E-state index is 4.43. The van der Waals surface area contributed by atoms with Crippen LogP contribution >= 0.6 is 11.3 Å². The second-order valence-corrected chi connectivity index (χ2v) is 3.87. The van der Waals surface area contributed by atoms with E-state index in [1.807, 2.05) is 25.1 Å². The van der Waals surface area contributed by atoms with Crippen molar-refractivity contribution in [2.75, 3.05) is 0 Å². The van der Waals surface area contributed by atoms with Crippen LogP contribution in [0.5, 0.6) is 0 Å². The Bertz CT molecular complexity index is 428. The highest BCUT2D eigenvalue weighted by atomic mass is 32.1.